The van der Waals surface area contributed by atoms with Crippen molar-refractivity contribution in [2.45, 2.75) is 13.8 Å². The van der Waals surface area contributed by atoms with Crippen LogP contribution in [0.15, 0.2) is 12.3 Å². The highest BCUT2D eigenvalue weighted by Crippen LogP contribution is 1.94. The van der Waals surface area contributed by atoms with Crippen LogP contribution in [0.4, 0.5) is 4.79 Å². The van der Waals surface area contributed by atoms with Gasteiger partial charge in [0.1, 0.15) is 0 Å². The highest BCUT2D eigenvalue weighted by Gasteiger charge is 2.03. The number of ether oxygens (including phenoxy) is 2. The van der Waals surface area contributed by atoms with Crippen LogP contribution >= 0.6 is 0 Å². The number of hydrogen-bond donors (Lipinski definition) is 0. The van der Waals surface area contributed by atoms with E-state index in [1.165, 1.54) is 0 Å². The summed E-state index contributed by atoms with van der Waals surface area (Å²) in [6.07, 6.45) is -0.0708. The molecule has 12 heavy (non-hydrogen) atoms. The van der Waals surface area contributed by atoms with Gasteiger partial charge < -0.3 is 9.47 Å². The van der Waals surface area contributed by atoms with Gasteiger partial charge in [-0.05, 0) is 5.92 Å². The monoisotopic (exact) mass is 188 g/mol. The van der Waals surface area contributed by atoms with Crippen molar-refractivity contribution in [3.63, 3.8) is 0 Å². The summed E-state index contributed by atoms with van der Waals surface area (Å²) in [4.78, 5) is 10.8. The summed E-state index contributed by atoms with van der Waals surface area (Å²) in [5, 5.41) is 0. The predicted molar refractivity (Wildman–Crippen MR) is 50.9 cm³/mol. The second-order valence-corrected chi connectivity index (χ2v) is 4.44. The van der Waals surface area contributed by atoms with Crippen molar-refractivity contribution >= 4 is 15.7 Å². The molecule has 0 rings (SSSR count). The Balaban J connectivity index is 3.27. The summed E-state index contributed by atoms with van der Waals surface area (Å²) >= 11 is 0. The molecule has 0 spiro atoms. The first kappa shape index (κ1) is 11.2. The van der Waals surface area contributed by atoms with E-state index in [9.17, 15) is 4.79 Å². The van der Waals surface area contributed by atoms with Crippen LogP contribution in [-0.2, 0) is 9.47 Å². The van der Waals surface area contributed by atoms with E-state index >= 15 is 0 Å². The van der Waals surface area contributed by atoms with E-state index in [2.05, 4.69) is 6.58 Å². The molecule has 0 aromatic rings. The molecule has 0 aromatic carbocycles. The molecule has 0 unspecified atom stereocenters. The Kier molecular flexibility index (Phi) is 6.46. The van der Waals surface area contributed by atoms with Gasteiger partial charge in [-0.25, -0.2) is 4.79 Å². The molecule has 0 aliphatic rings. The van der Waals surface area contributed by atoms with Crippen molar-refractivity contribution in [3.8, 4) is 0 Å². The maximum absolute atomic E-state index is 10.8. The van der Waals surface area contributed by atoms with E-state index in [1.807, 2.05) is 19.5 Å². The molecule has 0 fully saturated rings. The minimum Gasteiger partial charge on any atom is -0.438 e. The van der Waals surface area contributed by atoms with Crippen LogP contribution in [-0.4, -0.2) is 28.5 Å². The minimum absolute atomic E-state index is 0.356. The lowest BCUT2D eigenvalue weighted by Gasteiger charge is -2.06. The van der Waals surface area contributed by atoms with E-state index in [-0.39, 0.29) is 0 Å². The molecule has 0 bridgehead atoms. The van der Waals surface area contributed by atoms with Crippen LogP contribution in [0, 0.1) is 5.92 Å². The van der Waals surface area contributed by atoms with Gasteiger partial charge in [-0.2, -0.15) is 0 Å². The molecule has 0 aliphatic carbocycles. The Labute approximate surface area is 75.6 Å². The third-order valence-electron chi connectivity index (χ3n) is 1.08. The van der Waals surface area contributed by atoms with Crippen LogP contribution < -0.4 is 0 Å². The summed E-state index contributed by atoms with van der Waals surface area (Å²) < 4.78 is 9.54. The summed E-state index contributed by atoms with van der Waals surface area (Å²) in [6.45, 7) is 7.94. The molecule has 70 valence electrons. The number of carbonyl (C=O) groups is 1. The normalized spacial score (nSPS) is 10.6. The first-order chi connectivity index (χ1) is 5.66. The summed E-state index contributed by atoms with van der Waals surface area (Å²) in [7, 11) is -0.417. The quantitative estimate of drug-likeness (QED) is 0.368. The average molecular weight is 188 g/mol. The van der Waals surface area contributed by atoms with Crippen molar-refractivity contribution < 1.29 is 14.3 Å². The Hall–Kier alpha value is -0.773. The van der Waals surface area contributed by atoms with E-state index in [4.69, 9.17) is 9.47 Å². The van der Waals surface area contributed by atoms with Gasteiger partial charge in [0.05, 0.1) is 22.4 Å². The SMILES string of the molecule is C=C[SiH2]COC(=O)OCC(C)C. The molecular weight excluding hydrogens is 172 g/mol. The lowest BCUT2D eigenvalue weighted by atomic mass is 10.2. The second kappa shape index (κ2) is 6.91. The first-order valence-electron chi connectivity index (χ1n) is 4.07. The Bertz CT molecular complexity index is 145. The number of hydrogen-bond acceptors (Lipinski definition) is 3. The van der Waals surface area contributed by atoms with Gasteiger partial charge in [-0.15, -0.1) is 12.3 Å². The Morgan fingerprint density at radius 2 is 2.25 bits per heavy atom. The van der Waals surface area contributed by atoms with Gasteiger partial charge >= 0.3 is 6.16 Å². The van der Waals surface area contributed by atoms with Crippen molar-refractivity contribution in [1.82, 2.24) is 0 Å². The van der Waals surface area contributed by atoms with Crippen molar-refractivity contribution in [1.29, 1.82) is 0 Å². The zero-order chi connectivity index (χ0) is 9.40. The lowest BCUT2D eigenvalue weighted by molar-refractivity contribution is 0.0588. The largest absolute Gasteiger partial charge is 0.507 e. The maximum atomic E-state index is 10.8. The van der Waals surface area contributed by atoms with E-state index in [1.54, 1.807) is 0 Å². The van der Waals surface area contributed by atoms with Gasteiger partial charge in [0.25, 0.3) is 0 Å². The highest BCUT2D eigenvalue weighted by atomic mass is 28.2. The zero-order valence-electron chi connectivity index (χ0n) is 7.71. The molecule has 0 N–H and O–H groups in total. The predicted octanol–water partition coefficient (Wildman–Crippen LogP) is 1.07. The fourth-order valence-corrected chi connectivity index (χ4v) is 0.953. The molecule has 0 aliphatic heterocycles. The highest BCUT2D eigenvalue weighted by molar-refractivity contribution is 6.41. The maximum Gasteiger partial charge on any atom is 0.507 e. The van der Waals surface area contributed by atoms with Crippen LogP contribution in [0.25, 0.3) is 0 Å². The number of carbonyl (C=O) groups excluding carboxylic acids is 1. The van der Waals surface area contributed by atoms with E-state index in [0.29, 0.717) is 18.8 Å². The van der Waals surface area contributed by atoms with Crippen molar-refractivity contribution in [2.75, 3.05) is 12.8 Å². The van der Waals surface area contributed by atoms with Gasteiger partial charge in [0.2, 0.25) is 0 Å². The Morgan fingerprint density at radius 3 is 2.75 bits per heavy atom. The topological polar surface area (TPSA) is 35.5 Å². The summed E-state index contributed by atoms with van der Waals surface area (Å²) in [5.41, 5.74) is 1.83. The molecule has 0 saturated carbocycles. The van der Waals surface area contributed by atoms with Crippen LogP contribution in [0.3, 0.4) is 0 Å². The molecule has 4 heteroatoms. The molecule has 0 atom stereocenters. The van der Waals surface area contributed by atoms with Crippen LogP contribution in [0.2, 0.25) is 0 Å². The molecule has 3 nitrogen and oxygen atoms in total. The molecule has 0 amide bonds. The standard InChI is InChI=1S/C8H16O3Si/c1-4-12-6-11-8(9)10-5-7(2)3/h4,7H,1,5-6,12H2,2-3H3. The smallest absolute Gasteiger partial charge is 0.438 e. The fraction of sp³-hybridized carbons (Fsp3) is 0.625. The average Bonchev–Trinajstić information content (AvgIpc) is 2.01. The zero-order valence-corrected chi connectivity index (χ0v) is 9.12. The summed E-state index contributed by atoms with van der Waals surface area (Å²) in [5.74, 6) is 0.356. The van der Waals surface area contributed by atoms with Crippen molar-refractivity contribution in [2.24, 2.45) is 5.92 Å². The fourth-order valence-electron chi connectivity index (χ4n) is 0.502. The van der Waals surface area contributed by atoms with Gasteiger partial charge in [0.15, 0.2) is 0 Å². The van der Waals surface area contributed by atoms with E-state index in [0.717, 1.165) is 0 Å². The molecule has 0 heterocycles. The second-order valence-electron chi connectivity index (χ2n) is 2.88. The molecule has 0 aromatic heterocycles. The molecule has 0 radical (unpaired) electrons. The third kappa shape index (κ3) is 7.34. The lowest BCUT2D eigenvalue weighted by Crippen LogP contribution is -2.14. The molecular formula is C8H16O3Si. The number of rotatable bonds is 5. The van der Waals surface area contributed by atoms with Gasteiger partial charge in [-0.1, -0.05) is 13.8 Å². The van der Waals surface area contributed by atoms with E-state index < -0.39 is 15.7 Å². The van der Waals surface area contributed by atoms with Gasteiger partial charge in [0, 0.05) is 0 Å². The molecule has 0 saturated heterocycles. The van der Waals surface area contributed by atoms with Gasteiger partial charge in [-0.3, -0.25) is 0 Å². The summed E-state index contributed by atoms with van der Waals surface area (Å²) in [6, 6.07) is 0. The first-order valence-corrected chi connectivity index (χ1v) is 5.89. The van der Waals surface area contributed by atoms with Crippen LogP contribution in [0.5, 0.6) is 0 Å². The Morgan fingerprint density at radius 1 is 1.58 bits per heavy atom. The van der Waals surface area contributed by atoms with Crippen molar-refractivity contribution in [3.05, 3.63) is 12.3 Å². The third-order valence-corrected chi connectivity index (χ3v) is 1.92. The van der Waals surface area contributed by atoms with Crippen LogP contribution in [0.1, 0.15) is 13.8 Å². The minimum atomic E-state index is -0.557.